The number of hydrogen-bond donors (Lipinski definition) is 1. The normalized spacial score (nSPS) is 17.6. The highest BCUT2D eigenvalue weighted by molar-refractivity contribution is 7.14. The molecule has 1 saturated carbocycles. The number of carboxylic acid groups (broad SMARTS) is 1. The summed E-state index contributed by atoms with van der Waals surface area (Å²) in [5.41, 5.74) is 3.24. The van der Waals surface area contributed by atoms with E-state index in [0.717, 1.165) is 46.5 Å². The van der Waals surface area contributed by atoms with Gasteiger partial charge in [0.25, 0.3) is 0 Å². The summed E-state index contributed by atoms with van der Waals surface area (Å²) in [5, 5.41) is 14.5. The van der Waals surface area contributed by atoms with Crippen LogP contribution < -0.4 is 9.64 Å². The molecule has 2 aromatic heterocycles. The number of hydrogen-bond acceptors (Lipinski definition) is 6. The van der Waals surface area contributed by atoms with Gasteiger partial charge in [0, 0.05) is 22.4 Å². The Bertz CT molecular complexity index is 1280. The molecule has 2 aromatic carbocycles. The Kier molecular flexibility index (Phi) is 7.68. The molecule has 4 aromatic rings. The first-order chi connectivity index (χ1) is 17.5. The molecule has 0 saturated heterocycles. The molecule has 0 amide bonds. The predicted molar refractivity (Wildman–Crippen MR) is 147 cm³/mol. The standard InChI is InChI=1S/C29H30N2O3S2/c1-20-7-11-24(12-8-20)34-25-13-9-22(10-14-25)27-19-36-29(30-27)31(18-26-6-3-15-35-26)17-21-4-2-5-23(16-21)28(32)33/h2-6,9-10,13-16,19-20,24H,7-8,11-12,17-18H2,1H3,(H,32,33). The quantitative estimate of drug-likeness (QED) is 0.246. The van der Waals surface area contributed by atoms with Crippen LogP contribution in [0.5, 0.6) is 5.75 Å². The SMILES string of the molecule is CC1CCC(Oc2ccc(-c3csc(N(Cc4cccc(C(=O)O)c4)Cc4cccs4)n3)cc2)CC1. The van der Waals surface area contributed by atoms with Crippen molar-refractivity contribution in [1.29, 1.82) is 0 Å². The number of aromatic nitrogens is 1. The van der Waals surface area contributed by atoms with Crippen LogP contribution in [0.15, 0.2) is 71.4 Å². The van der Waals surface area contributed by atoms with E-state index in [1.807, 2.05) is 24.3 Å². The summed E-state index contributed by atoms with van der Waals surface area (Å²) >= 11 is 3.32. The highest BCUT2D eigenvalue weighted by Gasteiger charge is 2.20. The third-order valence-corrected chi connectivity index (χ3v) is 8.42. The smallest absolute Gasteiger partial charge is 0.335 e. The molecule has 5 nitrogen and oxygen atoms in total. The Hall–Kier alpha value is -3.16. The zero-order valence-electron chi connectivity index (χ0n) is 20.3. The molecule has 7 heteroatoms. The molecule has 1 N–H and O–H groups in total. The van der Waals surface area contributed by atoms with Crippen molar-refractivity contribution in [3.63, 3.8) is 0 Å². The summed E-state index contributed by atoms with van der Waals surface area (Å²) in [7, 11) is 0. The molecule has 1 aliphatic carbocycles. The number of ether oxygens (including phenoxy) is 1. The van der Waals surface area contributed by atoms with Gasteiger partial charge < -0.3 is 14.7 Å². The lowest BCUT2D eigenvalue weighted by Crippen LogP contribution is -2.22. The molecule has 1 aliphatic rings. The van der Waals surface area contributed by atoms with Crippen LogP contribution in [0.1, 0.15) is 53.4 Å². The maximum atomic E-state index is 11.4. The van der Waals surface area contributed by atoms with Crippen LogP contribution in [0.25, 0.3) is 11.3 Å². The molecule has 0 unspecified atom stereocenters. The van der Waals surface area contributed by atoms with Gasteiger partial charge in [0.1, 0.15) is 5.75 Å². The van der Waals surface area contributed by atoms with Crippen molar-refractivity contribution < 1.29 is 14.6 Å². The molecule has 0 aliphatic heterocycles. The Morgan fingerprint density at radius 2 is 1.83 bits per heavy atom. The summed E-state index contributed by atoms with van der Waals surface area (Å²) in [6.45, 7) is 3.62. The molecule has 0 bridgehead atoms. The molecule has 5 rings (SSSR count). The van der Waals surface area contributed by atoms with Crippen LogP contribution in [0.3, 0.4) is 0 Å². The van der Waals surface area contributed by atoms with Gasteiger partial charge in [0.05, 0.1) is 23.9 Å². The average molecular weight is 519 g/mol. The average Bonchev–Trinajstić information content (AvgIpc) is 3.58. The van der Waals surface area contributed by atoms with Crippen molar-refractivity contribution >= 4 is 33.8 Å². The van der Waals surface area contributed by atoms with Gasteiger partial charge in [-0.2, -0.15) is 0 Å². The lowest BCUT2D eigenvalue weighted by atomic mass is 9.89. The molecule has 1 fully saturated rings. The van der Waals surface area contributed by atoms with Crippen molar-refractivity contribution in [3.8, 4) is 17.0 Å². The Labute approximate surface area is 220 Å². The van der Waals surface area contributed by atoms with E-state index in [1.165, 1.54) is 17.7 Å². The largest absolute Gasteiger partial charge is 0.490 e. The van der Waals surface area contributed by atoms with Gasteiger partial charge in [-0.3, -0.25) is 0 Å². The second kappa shape index (κ2) is 11.3. The van der Waals surface area contributed by atoms with Crippen LogP contribution in [-0.4, -0.2) is 22.2 Å². The fourth-order valence-electron chi connectivity index (χ4n) is 4.59. The zero-order chi connectivity index (χ0) is 24.9. The van der Waals surface area contributed by atoms with E-state index < -0.39 is 5.97 Å². The topological polar surface area (TPSA) is 62.7 Å². The number of thiophene rings is 1. The predicted octanol–water partition coefficient (Wildman–Crippen LogP) is 7.73. The van der Waals surface area contributed by atoms with Gasteiger partial charge in [-0.05, 0) is 85.0 Å². The summed E-state index contributed by atoms with van der Waals surface area (Å²) in [5.74, 6) is 0.821. The van der Waals surface area contributed by atoms with E-state index >= 15 is 0 Å². The lowest BCUT2D eigenvalue weighted by molar-refractivity contribution is 0.0696. The monoisotopic (exact) mass is 518 g/mol. The molecule has 36 heavy (non-hydrogen) atoms. The number of thiazole rings is 1. The third-order valence-electron chi connectivity index (χ3n) is 6.65. The van der Waals surface area contributed by atoms with Crippen molar-refractivity contribution in [2.45, 2.75) is 51.8 Å². The van der Waals surface area contributed by atoms with Crippen LogP contribution >= 0.6 is 22.7 Å². The molecule has 186 valence electrons. The van der Waals surface area contributed by atoms with Gasteiger partial charge in [0.15, 0.2) is 5.13 Å². The molecule has 0 radical (unpaired) electrons. The summed E-state index contributed by atoms with van der Waals surface area (Å²) in [6.07, 6.45) is 5.07. The van der Waals surface area contributed by atoms with Crippen LogP contribution in [0.4, 0.5) is 5.13 Å². The second-order valence-corrected chi connectivity index (χ2v) is 11.3. The minimum Gasteiger partial charge on any atom is -0.490 e. The van der Waals surface area contributed by atoms with Crippen molar-refractivity contribution in [2.75, 3.05) is 4.90 Å². The number of aromatic carboxylic acids is 1. The summed E-state index contributed by atoms with van der Waals surface area (Å²) in [6, 6.07) is 19.6. The summed E-state index contributed by atoms with van der Waals surface area (Å²) < 4.78 is 6.22. The van der Waals surface area contributed by atoms with Gasteiger partial charge in [-0.25, -0.2) is 9.78 Å². The maximum Gasteiger partial charge on any atom is 0.335 e. The number of rotatable bonds is 9. The van der Waals surface area contributed by atoms with Gasteiger partial charge in [-0.15, -0.1) is 22.7 Å². The van der Waals surface area contributed by atoms with Crippen molar-refractivity contribution in [3.05, 3.63) is 87.4 Å². The van der Waals surface area contributed by atoms with E-state index in [4.69, 9.17) is 9.72 Å². The Morgan fingerprint density at radius 1 is 1.03 bits per heavy atom. The van der Waals surface area contributed by atoms with Crippen LogP contribution in [0, 0.1) is 5.92 Å². The number of carboxylic acids is 1. The number of carbonyl (C=O) groups is 1. The van der Waals surface area contributed by atoms with Crippen molar-refractivity contribution in [2.24, 2.45) is 5.92 Å². The third kappa shape index (κ3) is 6.15. The van der Waals surface area contributed by atoms with Gasteiger partial charge >= 0.3 is 5.97 Å². The molecule has 0 spiro atoms. The van der Waals surface area contributed by atoms with E-state index in [2.05, 4.69) is 40.8 Å². The lowest BCUT2D eigenvalue weighted by Gasteiger charge is -2.26. The Morgan fingerprint density at radius 3 is 2.56 bits per heavy atom. The van der Waals surface area contributed by atoms with E-state index in [-0.39, 0.29) is 0 Å². The molecule has 0 atom stereocenters. The second-order valence-electron chi connectivity index (χ2n) is 9.48. The maximum absolute atomic E-state index is 11.4. The minimum absolute atomic E-state index is 0.299. The van der Waals surface area contributed by atoms with E-state index in [9.17, 15) is 9.90 Å². The summed E-state index contributed by atoms with van der Waals surface area (Å²) in [4.78, 5) is 19.9. The van der Waals surface area contributed by atoms with Crippen LogP contribution in [-0.2, 0) is 13.1 Å². The fourth-order valence-corrected chi connectivity index (χ4v) is 6.15. The molecule has 2 heterocycles. The van der Waals surface area contributed by atoms with E-state index in [1.54, 1.807) is 40.9 Å². The number of anilines is 1. The molecular weight excluding hydrogens is 488 g/mol. The fraction of sp³-hybridized carbons (Fsp3) is 0.310. The van der Waals surface area contributed by atoms with Gasteiger partial charge in [-0.1, -0.05) is 25.1 Å². The van der Waals surface area contributed by atoms with Gasteiger partial charge in [0.2, 0.25) is 0 Å². The van der Waals surface area contributed by atoms with Crippen LogP contribution in [0.2, 0.25) is 0 Å². The number of benzene rings is 2. The van der Waals surface area contributed by atoms with Crippen molar-refractivity contribution in [1.82, 2.24) is 4.98 Å². The first kappa shape index (κ1) is 24.5. The highest BCUT2D eigenvalue weighted by Crippen LogP contribution is 2.32. The number of nitrogens with zero attached hydrogens (tertiary/aromatic N) is 2. The minimum atomic E-state index is -0.913. The van der Waals surface area contributed by atoms with E-state index in [0.29, 0.717) is 24.8 Å². The molecular formula is C29H30N2O3S2. The Balaban J connectivity index is 1.32. The zero-order valence-corrected chi connectivity index (χ0v) is 21.9. The first-order valence-corrected chi connectivity index (χ1v) is 14.1. The highest BCUT2D eigenvalue weighted by atomic mass is 32.1. The first-order valence-electron chi connectivity index (χ1n) is 12.4.